The van der Waals surface area contributed by atoms with Gasteiger partial charge in [0, 0.05) is 5.69 Å². The number of hydrogen-bond donors (Lipinski definition) is 2. The summed E-state index contributed by atoms with van der Waals surface area (Å²) >= 11 is 1.36. The van der Waals surface area contributed by atoms with Crippen LogP contribution in [0.4, 0.5) is 10.8 Å². The number of amides is 2. The summed E-state index contributed by atoms with van der Waals surface area (Å²) in [7, 11) is 0. The second-order valence-corrected chi connectivity index (χ2v) is 8.56. The number of ether oxygens (including phenoxy) is 1. The Kier molecular flexibility index (Phi) is 6.23. The maximum atomic E-state index is 12.5. The summed E-state index contributed by atoms with van der Waals surface area (Å²) < 4.78 is 11.2. The van der Waals surface area contributed by atoms with Gasteiger partial charge in [0.2, 0.25) is 0 Å². The molecule has 0 aliphatic heterocycles. The van der Waals surface area contributed by atoms with Gasteiger partial charge in [-0.15, -0.1) is 0 Å². The fourth-order valence-electron chi connectivity index (χ4n) is 3.27. The minimum atomic E-state index is -0.686. The van der Waals surface area contributed by atoms with Gasteiger partial charge < -0.3 is 14.5 Å². The third-order valence-corrected chi connectivity index (χ3v) is 5.79. The average molecular weight is 464 g/mol. The monoisotopic (exact) mass is 463 g/mol. The van der Waals surface area contributed by atoms with E-state index >= 15 is 0 Å². The van der Waals surface area contributed by atoms with Crippen molar-refractivity contribution in [2.24, 2.45) is 0 Å². The van der Waals surface area contributed by atoms with E-state index in [0.717, 1.165) is 26.9 Å². The highest BCUT2D eigenvalue weighted by atomic mass is 32.1. The molecule has 2 heterocycles. The molecule has 0 fully saturated rings. The predicted molar refractivity (Wildman–Crippen MR) is 126 cm³/mol. The molecule has 4 aromatic rings. The first-order valence-electron chi connectivity index (χ1n) is 10.1. The summed E-state index contributed by atoms with van der Waals surface area (Å²) in [6.07, 6.45) is 1.40. The number of nitrogens with zero attached hydrogens (tertiary/aromatic N) is 1. The van der Waals surface area contributed by atoms with Crippen molar-refractivity contribution < 1.29 is 23.5 Å². The molecule has 0 aliphatic rings. The number of aryl methyl sites for hydroxylation is 3. The molecule has 0 saturated carbocycles. The molecule has 0 radical (unpaired) electrons. The van der Waals surface area contributed by atoms with Crippen LogP contribution in [0.2, 0.25) is 0 Å². The van der Waals surface area contributed by atoms with Crippen molar-refractivity contribution >= 4 is 50.2 Å². The van der Waals surface area contributed by atoms with Crippen LogP contribution < -0.4 is 10.6 Å². The standard InChI is InChI=1S/C24H21N3O5S/c1-13-9-15(3)21-19(10-13)33-24(27-21)26-20(28)12-32-23(30)16-7-6-14(2)17(11-16)25-22(29)18-5-4-8-31-18/h4-11H,12H2,1-3H3,(H,25,29)(H,26,27,28). The zero-order valence-electron chi connectivity index (χ0n) is 18.2. The van der Waals surface area contributed by atoms with E-state index in [0.29, 0.717) is 10.8 Å². The Morgan fingerprint density at radius 1 is 1.03 bits per heavy atom. The molecule has 0 atom stereocenters. The van der Waals surface area contributed by atoms with Gasteiger partial charge in [0.05, 0.1) is 22.0 Å². The topological polar surface area (TPSA) is 111 Å². The Labute approximate surface area is 193 Å². The van der Waals surface area contributed by atoms with E-state index in [9.17, 15) is 14.4 Å². The minimum Gasteiger partial charge on any atom is -0.459 e. The fraction of sp³-hybridized carbons (Fsp3) is 0.167. The van der Waals surface area contributed by atoms with Crippen LogP contribution in [0.25, 0.3) is 10.2 Å². The summed E-state index contributed by atoms with van der Waals surface area (Å²) in [4.78, 5) is 41.4. The fourth-order valence-corrected chi connectivity index (χ4v) is 4.33. The van der Waals surface area contributed by atoms with Crippen LogP contribution in [0.15, 0.2) is 53.1 Å². The first kappa shape index (κ1) is 22.2. The van der Waals surface area contributed by atoms with Gasteiger partial charge in [-0.25, -0.2) is 9.78 Å². The number of benzene rings is 2. The molecule has 0 unspecified atom stereocenters. The van der Waals surface area contributed by atoms with Crippen LogP contribution in [-0.4, -0.2) is 29.4 Å². The molecular formula is C24H21N3O5S. The van der Waals surface area contributed by atoms with Crippen molar-refractivity contribution in [3.8, 4) is 0 Å². The number of carbonyl (C=O) groups excluding carboxylic acids is 3. The number of thiazole rings is 1. The molecule has 2 aromatic carbocycles. The number of rotatable bonds is 6. The second-order valence-electron chi connectivity index (χ2n) is 7.53. The Hall–Kier alpha value is -3.98. The van der Waals surface area contributed by atoms with Gasteiger partial charge in [-0.2, -0.15) is 0 Å². The minimum absolute atomic E-state index is 0.152. The molecule has 168 valence electrons. The number of hydrogen-bond acceptors (Lipinski definition) is 7. The van der Waals surface area contributed by atoms with E-state index in [1.807, 2.05) is 26.0 Å². The highest BCUT2D eigenvalue weighted by molar-refractivity contribution is 7.22. The Morgan fingerprint density at radius 2 is 1.85 bits per heavy atom. The smallest absolute Gasteiger partial charge is 0.338 e. The van der Waals surface area contributed by atoms with E-state index in [4.69, 9.17) is 9.15 Å². The molecule has 8 nitrogen and oxygen atoms in total. The van der Waals surface area contributed by atoms with Crippen molar-refractivity contribution in [1.82, 2.24) is 4.98 Å². The third-order valence-electron chi connectivity index (χ3n) is 4.88. The number of nitrogens with one attached hydrogen (secondary N) is 2. The molecule has 2 aromatic heterocycles. The molecule has 4 rings (SSSR count). The van der Waals surface area contributed by atoms with Gasteiger partial charge in [0.25, 0.3) is 11.8 Å². The van der Waals surface area contributed by atoms with Crippen molar-refractivity contribution in [2.75, 3.05) is 17.2 Å². The van der Waals surface area contributed by atoms with Crippen molar-refractivity contribution in [2.45, 2.75) is 20.8 Å². The molecule has 9 heteroatoms. The van der Waals surface area contributed by atoms with E-state index in [-0.39, 0.29) is 11.3 Å². The summed E-state index contributed by atoms with van der Waals surface area (Å²) in [6, 6.07) is 11.9. The van der Waals surface area contributed by atoms with E-state index in [1.165, 1.54) is 29.7 Å². The highest BCUT2D eigenvalue weighted by Gasteiger charge is 2.16. The molecule has 0 saturated heterocycles. The Balaban J connectivity index is 1.38. The summed E-state index contributed by atoms with van der Waals surface area (Å²) in [5.74, 6) is -1.46. The maximum absolute atomic E-state index is 12.5. The largest absolute Gasteiger partial charge is 0.459 e. The molecule has 2 amide bonds. The zero-order chi connectivity index (χ0) is 23.5. The Bertz CT molecular complexity index is 1360. The van der Waals surface area contributed by atoms with Crippen LogP contribution in [0.1, 0.15) is 37.6 Å². The molecule has 33 heavy (non-hydrogen) atoms. The lowest BCUT2D eigenvalue weighted by Gasteiger charge is -2.10. The number of fused-ring (bicyclic) bond motifs is 1. The van der Waals surface area contributed by atoms with Gasteiger partial charge in [-0.05, 0) is 67.8 Å². The lowest BCUT2D eigenvalue weighted by atomic mass is 10.1. The highest BCUT2D eigenvalue weighted by Crippen LogP contribution is 2.29. The van der Waals surface area contributed by atoms with E-state index in [2.05, 4.69) is 15.6 Å². The normalized spacial score (nSPS) is 10.8. The summed E-state index contributed by atoms with van der Waals surface area (Å²) in [5.41, 5.74) is 4.38. The van der Waals surface area contributed by atoms with Crippen LogP contribution in [-0.2, 0) is 9.53 Å². The molecule has 0 aliphatic carbocycles. The second kappa shape index (κ2) is 9.25. The third kappa shape index (κ3) is 5.09. The van der Waals surface area contributed by atoms with E-state index in [1.54, 1.807) is 25.1 Å². The molecule has 0 spiro atoms. The first-order chi connectivity index (χ1) is 15.8. The number of furan rings is 1. The van der Waals surface area contributed by atoms with Gasteiger partial charge in [-0.1, -0.05) is 23.5 Å². The number of anilines is 2. The lowest BCUT2D eigenvalue weighted by Crippen LogP contribution is -2.21. The predicted octanol–water partition coefficient (Wildman–Crippen LogP) is 4.86. The van der Waals surface area contributed by atoms with Crippen molar-refractivity contribution in [1.29, 1.82) is 0 Å². The van der Waals surface area contributed by atoms with Crippen LogP contribution in [0.3, 0.4) is 0 Å². The van der Waals surface area contributed by atoms with Crippen LogP contribution in [0, 0.1) is 20.8 Å². The quantitative estimate of drug-likeness (QED) is 0.395. The van der Waals surface area contributed by atoms with Crippen LogP contribution in [0.5, 0.6) is 0 Å². The van der Waals surface area contributed by atoms with Crippen molar-refractivity contribution in [3.63, 3.8) is 0 Å². The molecular weight excluding hydrogens is 442 g/mol. The van der Waals surface area contributed by atoms with Crippen LogP contribution >= 0.6 is 11.3 Å². The molecule has 0 bridgehead atoms. The SMILES string of the molecule is Cc1cc(C)c2nc(NC(=O)COC(=O)c3ccc(C)c(NC(=O)c4ccco4)c3)sc2c1. The van der Waals surface area contributed by atoms with Gasteiger partial charge in [0.15, 0.2) is 17.5 Å². The summed E-state index contributed by atoms with van der Waals surface area (Å²) in [6.45, 7) is 5.30. The van der Waals surface area contributed by atoms with Crippen molar-refractivity contribution in [3.05, 3.63) is 76.7 Å². The number of esters is 1. The molecule has 2 N–H and O–H groups in total. The zero-order valence-corrected chi connectivity index (χ0v) is 19.0. The number of aromatic nitrogens is 1. The summed E-state index contributed by atoms with van der Waals surface area (Å²) in [5, 5.41) is 5.81. The average Bonchev–Trinajstić information content (AvgIpc) is 3.43. The maximum Gasteiger partial charge on any atom is 0.338 e. The Morgan fingerprint density at radius 3 is 2.61 bits per heavy atom. The number of carbonyl (C=O) groups is 3. The van der Waals surface area contributed by atoms with Gasteiger partial charge in [0.1, 0.15) is 0 Å². The van der Waals surface area contributed by atoms with Gasteiger partial charge >= 0.3 is 5.97 Å². The van der Waals surface area contributed by atoms with Gasteiger partial charge in [-0.3, -0.25) is 14.9 Å². The lowest BCUT2D eigenvalue weighted by molar-refractivity contribution is -0.119. The van der Waals surface area contributed by atoms with E-state index < -0.39 is 24.4 Å². The first-order valence-corrected chi connectivity index (χ1v) is 10.9.